The summed E-state index contributed by atoms with van der Waals surface area (Å²) in [6, 6.07) is 15.6. The van der Waals surface area contributed by atoms with Gasteiger partial charge in [0.15, 0.2) is 0 Å². The predicted octanol–water partition coefficient (Wildman–Crippen LogP) is 4.44. The van der Waals surface area contributed by atoms with E-state index in [9.17, 15) is 4.79 Å². The third-order valence-electron chi connectivity index (χ3n) is 4.35. The first-order valence-electron chi connectivity index (χ1n) is 8.77. The van der Waals surface area contributed by atoms with Crippen LogP contribution in [-0.2, 0) is 4.74 Å². The fourth-order valence-corrected chi connectivity index (χ4v) is 3.17. The molecule has 6 heteroatoms. The summed E-state index contributed by atoms with van der Waals surface area (Å²) in [6.45, 7) is 3.02. The van der Waals surface area contributed by atoms with Gasteiger partial charge < -0.3 is 15.4 Å². The number of halogens is 1. The van der Waals surface area contributed by atoms with Gasteiger partial charge in [-0.05, 0) is 36.1 Å². The van der Waals surface area contributed by atoms with Gasteiger partial charge in [-0.2, -0.15) is 0 Å². The Morgan fingerprint density at radius 3 is 2.63 bits per heavy atom. The second kappa shape index (κ2) is 8.84. The van der Waals surface area contributed by atoms with Crippen LogP contribution in [-0.4, -0.2) is 31.2 Å². The van der Waals surface area contributed by atoms with Crippen LogP contribution in [0.3, 0.4) is 0 Å². The number of ether oxygens (including phenoxy) is 1. The molecule has 3 aromatic rings. The number of hydrogen-bond acceptors (Lipinski definition) is 4. The van der Waals surface area contributed by atoms with E-state index in [4.69, 9.17) is 16.3 Å². The van der Waals surface area contributed by atoms with Crippen LogP contribution in [0.5, 0.6) is 0 Å². The van der Waals surface area contributed by atoms with E-state index in [-0.39, 0.29) is 11.9 Å². The Kier molecular flexibility index (Phi) is 6.27. The first kappa shape index (κ1) is 19.1. The number of amides is 1. The Bertz CT molecular complexity index is 928. The molecule has 27 heavy (non-hydrogen) atoms. The average Bonchev–Trinajstić information content (AvgIpc) is 2.69. The summed E-state index contributed by atoms with van der Waals surface area (Å²) in [5, 5.41) is 9.04. The van der Waals surface area contributed by atoms with E-state index < -0.39 is 0 Å². The molecule has 1 amide bonds. The zero-order chi connectivity index (χ0) is 19.2. The molecular weight excluding hydrogens is 362 g/mol. The molecule has 0 bridgehead atoms. The normalized spacial score (nSPS) is 12.0. The van der Waals surface area contributed by atoms with Gasteiger partial charge >= 0.3 is 0 Å². The van der Waals surface area contributed by atoms with Gasteiger partial charge in [-0.3, -0.25) is 4.79 Å². The molecule has 0 radical (unpaired) electrons. The molecule has 0 aliphatic carbocycles. The minimum atomic E-state index is -0.164. The molecule has 2 aromatic carbocycles. The smallest absolute Gasteiger partial charge is 0.252 e. The minimum absolute atomic E-state index is 0.0287. The van der Waals surface area contributed by atoms with Crippen molar-refractivity contribution in [1.29, 1.82) is 0 Å². The first-order chi connectivity index (χ1) is 13.1. The molecule has 3 rings (SSSR count). The monoisotopic (exact) mass is 383 g/mol. The highest BCUT2D eigenvalue weighted by Gasteiger charge is 2.12. The molecule has 140 valence electrons. The first-order valence-corrected chi connectivity index (χ1v) is 9.15. The fraction of sp³-hybridized carbons (Fsp3) is 0.238. The average molecular weight is 384 g/mol. The predicted molar refractivity (Wildman–Crippen MR) is 109 cm³/mol. The number of hydrogen-bond donors (Lipinski definition) is 2. The number of anilines is 1. The Balaban J connectivity index is 1.72. The highest BCUT2D eigenvalue weighted by Crippen LogP contribution is 2.31. The molecule has 2 N–H and O–H groups in total. The highest BCUT2D eigenvalue weighted by molar-refractivity contribution is 6.35. The van der Waals surface area contributed by atoms with Crippen LogP contribution in [0.2, 0.25) is 5.02 Å². The molecule has 0 aliphatic heterocycles. The van der Waals surface area contributed by atoms with E-state index in [1.165, 1.54) is 0 Å². The molecule has 0 spiro atoms. The number of fused-ring (bicyclic) bond motifs is 1. The number of nitrogens with one attached hydrogen (secondary N) is 2. The van der Waals surface area contributed by atoms with Crippen LogP contribution in [0.15, 0.2) is 54.7 Å². The van der Waals surface area contributed by atoms with Gasteiger partial charge in [-0.1, -0.05) is 41.9 Å². The van der Waals surface area contributed by atoms with Gasteiger partial charge in [0, 0.05) is 30.3 Å². The Morgan fingerprint density at radius 2 is 1.93 bits per heavy atom. The van der Waals surface area contributed by atoms with Crippen molar-refractivity contribution in [1.82, 2.24) is 10.3 Å². The van der Waals surface area contributed by atoms with Gasteiger partial charge in [0.1, 0.15) is 5.82 Å². The van der Waals surface area contributed by atoms with Crippen molar-refractivity contribution in [2.24, 2.45) is 0 Å². The summed E-state index contributed by atoms with van der Waals surface area (Å²) >= 11 is 6.31. The van der Waals surface area contributed by atoms with Crippen LogP contribution in [0.4, 0.5) is 5.82 Å². The van der Waals surface area contributed by atoms with Crippen LogP contribution in [0.1, 0.15) is 28.9 Å². The lowest BCUT2D eigenvalue weighted by Crippen LogP contribution is -2.27. The van der Waals surface area contributed by atoms with Crippen molar-refractivity contribution < 1.29 is 9.53 Å². The molecule has 1 aromatic heterocycles. The van der Waals surface area contributed by atoms with Crippen LogP contribution >= 0.6 is 11.6 Å². The summed E-state index contributed by atoms with van der Waals surface area (Å²) < 4.78 is 4.92. The maximum atomic E-state index is 12.0. The van der Waals surface area contributed by atoms with E-state index in [0.717, 1.165) is 21.4 Å². The maximum Gasteiger partial charge on any atom is 0.252 e. The van der Waals surface area contributed by atoms with Gasteiger partial charge in [-0.25, -0.2) is 4.98 Å². The van der Waals surface area contributed by atoms with Crippen molar-refractivity contribution in [3.05, 3.63) is 70.9 Å². The number of carbonyl (C=O) groups is 1. The van der Waals surface area contributed by atoms with E-state index in [1.807, 2.05) is 30.3 Å². The number of pyridine rings is 1. The van der Waals surface area contributed by atoms with Gasteiger partial charge in [-0.15, -0.1) is 0 Å². The number of aromatic nitrogens is 1. The molecule has 5 nitrogen and oxygen atoms in total. The topological polar surface area (TPSA) is 63.2 Å². The van der Waals surface area contributed by atoms with Crippen molar-refractivity contribution in [3.8, 4) is 0 Å². The van der Waals surface area contributed by atoms with E-state index in [2.05, 4.69) is 28.6 Å². The van der Waals surface area contributed by atoms with Crippen LogP contribution < -0.4 is 10.6 Å². The molecule has 0 saturated carbocycles. The summed E-state index contributed by atoms with van der Waals surface area (Å²) in [6.07, 6.45) is 1.57. The standard InChI is InChI=1S/C21H22ClN3O2/c1-14(16-8-9-19(22)18-6-4-3-5-17(16)18)25-20-10-7-15(13-24-20)21(26)23-11-12-27-2/h3-10,13-14H,11-12H2,1-2H3,(H,23,26)(H,24,25). The van der Waals surface area contributed by atoms with E-state index in [0.29, 0.717) is 24.5 Å². The van der Waals surface area contributed by atoms with Gasteiger partial charge in [0.25, 0.3) is 5.91 Å². The number of rotatable bonds is 7. The lowest BCUT2D eigenvalue weighted by atomic mass is 9.99. The molecule has 1 unspecified atom stereocenters. The largest absolute Gasteiger partial charge is 0.383 e. The summed E-state index contributed by atoms with van der Waals surface area (Å²) in [7, 11) is 1.60. The summed E-state index contributed by atoms with van der Waals surface area (Å²) in [5.41, 5.74) is 1.65. The molecule has 0 fully saturated rings. The highest BCUT2D eigenvalue weighted by atomic mass is 35.5. The van der Waals surface area contributed by atoms with Crippen LogP contribution in [0, 0.1) is 0 Å². The number of carbonyl (C=O) groups excluding carboxylic acids is 1. The lowest BCUT2D eigenvalue weighted by Gasteiger charge is -2.18. The quantitative estimate of drug-likeness (QED) is 0.592. The summed E-state index contributed by atoms with van der Waals surface area (Å²) in [4.78, 5) is 16.4. The van der Waals surface area contributed by atoms with Gasteiger partial charge in [0.2, 0.25) is 0 Å². The van der Waals surface area contributed by atoms with Crippen molar-refractivity contribution in [3.63, 3.8) is 0 Å². The molecule has 1 heterocycles. The van der Waals surface area contributed by atoms with Crippen LogP contribution in [0.25, 0.3) is 10.8 Å². The molecule has 1 atom stereocenters. The summed E-state index contributed by atoms with van der Waals surface area (Å²) in [5.74, 6) is 0.540. The van der Waals surface area contributed by atoms with Crippen molar-refractivity contribution in [2.45, 2.75) is 13.0 Å². The fourth-order valence-electron chi connectivity index (χ4n) is 2.95. The van der Waals surface area contributed by atoms with E-state index in [1.54, 1.807) is 25.4 Å². The Morgan fingerprint density at radius 1 is 1.15 bits per heavy atom. The van der Waals surface area contributed by atoms with Gasteiger partial charge in [0.05, 0.1) is 18.2 Å². The molecule has 0 saturated heterocycles. The maximum absolute atomic E-state index is 12.0. The third-order valence-corrected chi connectivity index (χ3v) is 4.68. The zero-order valence-electron chi connectivity index (χ0n) is 15.3. The Hall–Kier alpha value is -2.63. The van der Waals surface area contributed by atoms with Crippen molar-refractivity contribution in [2.75, 3.05) is 25.6 Å². The Labute approximate surface area is 163 Å². The molecule has 0 aliphatic rings. The third kappa shape index (κ3) is 4.56. The molecular formula is C21H22ClN3O2. The zero-order valence-corrected chi connectivity index (χ0v) is 16.1. The number of methoxy groups -OCH3 is 1. The lowest BCUT2D eigenvalue weighted by molar-refractivity contribution is 0.0937. The van der Waals surface area contributed by atoms with Crippen molar-refractivity contribution >= 4 is 34.1 Å². The number of nitrogens with zero attached hydrogens (tertiary/aromatic N) is 1. The minimum Gasteiger partial charge on any atom is -0.383 e. The second-order valence-electron chi connectivity index (χ2n) is 6.23. The van der Waals surface area contributed by atoms with E-state index >= 15 is 0 Å². The second-order valence-corrected chi connectivity index (χ2v) is 6.64. The number of benzene rings is 2. The SMILES string of the molecule is COCCNC(=O)c1ccc(NC(C)c2ccc(Cl)c3ccccc23)nc1.